The third-order valence-corrected chi connectivity index (χ3v) is 4.00. The van der Waals surface area contributed by atoms with Gasteiger partial charge in [-0.2, -0.15) is 0 Å². The molecule has 1 N–H and O–H groups in total. The van der Waals surface area contributed by atoms with E-state index in [1.54, 1.807) is 0 Å². The Balaban J connectivity index is 1.89. The Morgan fingerprint density at radius 1 is 1.29 bits per heavy atom. The Hall–Kier alpha value is -0.120. The number of hydrogen-bond donors (Lipinski definition) is 1. The van der Waals surface area contributed by atoms with Crippen molar-refractivity contribution in [2.24, 2.45) is 5.92 Å². The maximum Gasteiger partial charge on any atom is 0.0757 e. The van der Waals surface area contributed by atoms with Crippen molar-refractivity contribution in [2.75, 3.05) is 19.6 Å². The second kappa shape index (κ2) is 5.25. The Labute approximate surface area is 105 Å². The normalized spacial score (nSPS) is 39.2. The van der Waals surface area contributed by atoms with Crippen LogP contribution in [-0.4, -0.2) is 47.4 Å². The molecular formula is C14H27NO2. The first kappa shape index (κ1) is 13.3. The van der Waals surface area contributed by atoms with Crippen LogP contribution < -0.4 is 0 Å². The summed E-state index contributed by atoms with van der Waals surface area (Å²) in [5, 5.41) is 10.0. The highest BCUT2D eigenvalue weighted by Gasteiger charge is 2.33. The molecule has 100 valence electrons. The quantitative estimate of drug-likeness (QED) is 0.803. The van der Waals surface area contributed by atoms with Gasteiger partial charge in [-0.1, -0.05) is 12.8 Å². The molecule has 0 radical (unpaired) electrons. The standard InChI is InChI=1S/C14H27NO2/c1-11-8-15(10-14(2,3)17-11)9-12-6-4-5-7-13(12)16/h11-13,16H,4-10H2,1-3H3. The zero-order valence-electron chi connectivity index (χ0n) is 11.5. The smallest absolute Gasteiger partial charge is 0.0757 e. The van der Waals surface area contributed by atoms with Gasteiger partial charge in [-0.25, -0.2) is 0 Å². The first-order chi connectivity index (χ1) is 7.96. The van der Waals surface area contributed by atoms with Crippen molar-refractivity contribution in [1.29, 1.82) is 0 Å². The van der Waals surface area contributed by atoms with Gasteiger partial charge in [-0.05, 0) is 39.5 Å². The number of aliphatic hydroxyl groups excluding tert-OH is 1. The van der Waals surface area contributed by atoms with E-state index in [1.807, 2.05) is 0 Å². The van der Waals surface area contributed by atoms with Crippen LogP contribution in [0.2, 0.25) is 0 Å². The van der Waals surface area contributed by atoms with Crippen molar-refractivity contribution in [3.8, 4) is 0 Å². The van der Waals surface area contributed by atoms with Crippen LogP contribution in [-0.2, 0) is 4.74 Å². The molecule has 1 aliphatic carbocycles. The molecule has 1 saturated carbocycles. The molecule has 2 rings (SSSR count). The van der Waals surface area contributed by atoms with E-state index in [1.165, 1.54) is 19.3 Å². The summed E-state index contributed by atoms with van der Waals surface area (Å²) in [4.78, 5) is 2.48. The highest BCUT2D eigenvalue weighted by Crippen LogP contribution is 2.28. The second-order valence-corrected chi connectivity index (χ2v) is 6.49. The number of rotatable bonds is 2. The van der Waals surface area contributed by atoms with E-state index in [-0.39, 0.29) is 11.7 Å². The largest absolute Gasteiger partial charge is 0.393 e. The predicted octanol–water partition coefficient (Wildman–Crippen LogP) is 2.04. The van der Waals surface area contributed by atoms with Gasteiger partial charge in [0, 0.05) is 19.6 Å². The lowest BCUT2D eigenvalue weighted by molar-refractivity contribution is -0.134. The zero-order chi connectivity index (χ0) is 12.5. The fourth-order valence-electron chi connectivity index (χ4n) is 3.46. The second-order valence-electron chi connectivity index (χ2n) is 6.49. The Morgan fingerprint density at radius 3 is 2.65 bits per heavy atom. The highest BCUT2D eigenvalue weighted by molar-refractivity contribution is 4.85. The van der Waals surface area contributed by atoms with Gasteiger partial charge in [0.15, 0.2) is 0 Å². The minimum absolute atomic E-state index is 0.0444. The molecule has 0 bridgehead atoms. The van der Waals surface area contributed by atoms with E-state index in [9.17, 15) is 5.11 Å². The Morgan fingerprint density at radius 2 is 2.00 bits per heavy atom. The van der Waals surface area contributed by atoms with Gasteiger partial charge >= 0.3 is 0 Å². The van der Waals surface area contributed by atoms with E-state index in [0.29, 0.717) is 12.0 Å². The molecule has 0 amide bonds. The number of hydrogen-bond acceptors (Lipinski definition) is 3. The van der Waals surface area contributed by atoms with Crippen LogP contribution in [0.15, 0.2) is 0 Å². The van der Waals surface area contributed by atoms with Crippen LogP contribution in [0.25, 0.3) is 0 Å². The van der Waals surface area contributed by atoms with Crippen molar-refractivity contribution in [2.45, 2.75) is 64.3 Å². The summed E-state index contributed by atoms with van der Waals surface area (Å²) in [5.41, 5.74) is -0.0444. The summed E-state index contributed by atoms with van der Waals surface area (Å²) < 4.78 is 5.92. The molecular weight excluding hydrogens is 214 g/mol. The van der Waals surface area contributed by atoms with Gasteiger partial charge in [0.2, 0.25) is 0 Å². The van der Waals surface area contributed by atoms with Crippen molar-refractivity contribution in [1.82, 2.24) is 4.90 Å². The fourth-order valence-corrected chi connectivity index (χ4v) is 3.46. The monoisotopic (exact) mass is 241 g/mol. The maximum absolute atomic E-state index is 10.0. The fraction of sp³-hybridized carbons (Fsp3) is 1.00. The summed E-state index contributed by atoms with van der Waals surface area (Å²) >= 11 is 0. The van der Waals surface area contributed by atoms with E-state index < -0.39 is 0 Å². The number of nitrogens with zero attached hydrogens (tertiary/aromatic N) is 1. The zero-order valence-corrected chi connectivity index (χ0v) is 11.5. The van der Waals surface area contributed by atoms with Crippen molar-refractivity contribution < 1.29 is 9.84 Å². The van der Waals surface area contributed by atoms with E-state index >= 15 is 0 Å². The van der Waals surface area contributed by atoms with Crippen LogP contribution in [0.4, 0.5) is 0 Å². The summed E-state index contributed by atoms with van der Waals surface area (Å²) in [7, 11) is 0. The molecule has 3 unspecified atom stereocenters. The lowest BCUT2D eigenvalue weighted by Gasteiger charge is -2.44. The molecule has 1 aliphatic heterocycles. The maximum atomic E-state index is 10.0. The van der Waals surface area contributed by atoms with Crippen LogP contribution in [0.1, 0.15) is 46.5 Å². The molecule has 1 heterocycles. The number of ether oxygens (including phenoxy) is 1. The summed E-state index contributed by atoms with van der Waals surface area (Å²) in [6, 6.07) is 0. The number of aliphatic hydroxyl groups is 1. The average Bonchev–Trinajstić information content (AvgIpc) is 2.18. The van der Waals surface area contributed by atoms with Crippen LogP contribution in [0.5, 0.6) is 0 Å². The van der Waals surface area contributed by atoms with Gasteiger partial charge in [0.1, 0.15) is 0 Å². The summed E-state index contributed by atoms with van der Waals surface area (Å²) in [6.07, 6.45) is 4.89. The SMILES string of the molecule is CC1CN(CC2CCCCC2O)CC(C)(C)O1. The van der Waals surface area contributed by atoms with Crippen molar-refractivity contribution in [3.05, 3.63) is 0 Å². The molecule has 0 spiro atoms. The molecule has 0 aromatic rings. The minimum atomic E-state index is -0.0787. The van der Waals surface area contributed by atoms with Crippen LogP contribution >= 0.6 is 0 Å². The molecule has 3 heteroatoms. The van der Waals surface area contributed by atoms with Gasteiger partial charge in [0.05, 0.1) is 17.8 Å². The molecule has 1 saturated heterocycles. The predicted molar refractivity (Wildman–Crippen MR) is 69.0 cm³/mol. The first-order valence-corrected chi connectivity index (χ1v) is 7.04. The molecule has 3 atom stereocenters. The Bertz CT molecular complexity index is 255. The molecule has 0 aromatic carbocycles. The first-order valence-electron chi connectivity index (χ1n) is 7.04. The van der Waals surface area contributed by atoms with Gasteiger partial charge in [0.25, 0.3) is 0 Å². The number of morpholine rings is 1. The van der Waals surface area contributed by atoms with E-state index in [2.05, 4.69) is 25.7 Å². The van der Waals surface area contributed by atoms with Gasteiger partial charge < -0.3 is 9.84 Å². The third kappa shape index (κ3) is 3.67. The topological polar surface area (TPSA) is 32.7 Å². The van der Waals surface area contributed by atoms with Gasteiger partial charge in [-0.3, -0.25) is 4.90 Å². The van der Waals surface area contributed by atoms with Crippen LogP contribution in [0, 0.1) is 5.92 Å². The molecule has 3 nitrogen and oxygen atoms in total. The summed E-state index contributed by atoms with van der Waals surface area (Å²) in [6.45, 7) is 9.50. The van der Waals surface area contributed by atoms with Crippen molar-refractivity contribution in [3.63, 3.8) is 0 Å². The summed E-state index contributed by atoms with van der Waals surface area (Å²) in [5.74, 6) is 0.477. The Kier molecular flexibility index (Phi) is 4.11. The minimum Gasteiger partial charge on any atom is -0.393 e. The van der Waals surface area contributed by atoms with Crippen LogP contribution in [0.3, 0.4) is 0 Å². The molecule has 2 aliphatic rings. The lowest BCUT2D eigenvalue weighted by atomic mass is 9.86. The van der Waals surface area contributed by atoms with Gasteiger partial charge in [-0.15, -0.1) is 0 Å². The molecule has 17 heavy (non-hydrogen) atoms. The van der Waals surface area contributed by atoms with E-state index in [4.69, 9.17) is 4.74 Å². The third-order valence-electron chi connectivity index (χ3n) is 4.00. The highest BCUT2D eigenvalue weighted by atomic mass is 16.5. The average molecular weight is 241 g/mol. The molecule has 0 aromatic heterocycles. The van der Waals surface area contributed by atoms with E-state index in [0.717, 1.165) is 26.1 Å². The lowest BCUT2D eigenvalue weighted by Crippen LogP contribution is -2.53. The molecule has 2 fully saturated rings. The van der Waals surface area contributed by atoms with Crippen molar-refractivity contribution >= 4 is 0 Å².